The smallest absolute Gasteiger partial charge is 0.256 e. The summed E-state index contributed by atoms with van der Waals surface area (Å²) in [5, 5.41) is 0. The number of hydrogen-bond acceptors (Lipinski definition) is 2. The minimum absolute atomic E-state index is 0.0480. The molecule has 2 aromatic rings. The number of benzene rings is 2. The third kappa shape index (κ3) is 2.40. The third-order valence-corrected chi connectivity index (χ3v) is 3.74. The first-order chi connectivity index (χ1) is 10.2. The highest BCUT2D eigenvalue weighted by atomic mass is 16.2. The molecule has 106 valence electrons. The van der Waals surface area contributed by atoms with Crippen LogP contribution < -0.4 is 0 Å². The molecule has 0 spiro atoms. The minimum atomic E-state index is -0.341. The second-order valence-corrected chi connectivity index (χ2v) is 5.09. The second-order valence-electron chi connectivity index (χ2n) is 5.09. The molecule has 0 bridgehead atoms. The van der Waals surface area contributed by atoms with Gasteiger partial charge in [0.2, 0.25) is 5.91 Å². The van der Waals surface area contributed by atoms with Gasteiger partial charge in [0.15, 0.2) is 0 Å². The number of carbonyl (C=O) groups is 2. The van der Waals surface area contributed by atoms with E-state index in [-0.39, 0.29) is 24.5 Å². The summed E-state index contributed by atoms with van der Waals surface area (Å²) in [6.07, 6.45) is -0.341. The quantitative estimate of drug-likeness (QED) is 0.847. The van der Waals surface area contributed by atoms with E-state index in [0.29, 0.717) is 5.56 Å². The minimum Gasteiger partial charge on any atom is -0.320 e. The Morgan fingerprint density at radius 2 is 1.57 bits per heavy atom. The highest BCUT2D eigenvalue weighted by Crippen LogP contribution is 2.30. The largest absolute Gasteiger partial charge is 0.320 e. The fourth-order valence-electron chi connectivity index (χ4n) is 2.65. The van der Waals surface area contributed by atoms with Gasteiger partial charge in [0.05, 0.1) is 0 Å². The Morgan fingerprint density at radius 3 is 2.19 bits per heavy atom. The zero-order valence-electron chi connectivity index (χ0n) is 11.8. The summed E-state index contributed by atoms with van der Waals surface area (Å²) in [5.41, 5.74) is 1.54. The van der Waals surface area contributed by atoms with Crippen LogP contribution in [0.15, 0.2) is 60.7 Å². The molecule has 2 amide bonds. The van der Waals surface area contributed by atoms with E-state index in [0.717, 1.165) is 5.56 Å². The van der Waals surface area contributed by atoms with Crippen molar-refractivity contribution < 1.29 is 9.59 Å². The monoisotopic (exact) mass is 280 g/mol. The Kier molecular flexibility index (Phi) is 3.44. The van der Waals surface area contributed by atoms with Crippen LogP contribution >= 0.6 is 0 Å². The molecule has 1 heterocycles. The molecule has 0 aromatic heterocycles. The van der Waals surface area contributed by atoms with Gasteiger partial charge >= 0.3 is 0 Å². The molecule has 0 N–H and O–H groups in total. The highest BCUT2D eigenvalue weighted by molar-refractivity contribution is 5.98. The van der Waals surface area contributed by atoms with Gasteiger partial charge in [-0.15, -0.1) is 0 Å². The fraction of sp³-hybridized carbons (Fsp3) is 0.176. The normalized spacial score (nSPS) is 18.1. The molecule has 1 atom stereocenters. The first kappa shape index (κ1) is 13.4. The number of amides is 2. The molecule has 4 nitrogen and oxygen atoms in total. The van der Waals surface area contributed by atoms with Crippen LogP contribution in [0, 0.1) is 0 Å². The van der Waals surface area contributed by atoms with Crippen LogP contribution in [0.4, 0.5) is 0 Å². The van der Waals surface area contributed by atoms with Gasteiger partial charge in [-0.05, 0) is 17.7 Å². The SMILES string of the molecule is CN1C(=O)CN(C(=O)c2ccccc2)C1c1ccccc1. The lowest BCUT2D eigenvalue weighted by molar-refractivity contribution is -0.126. The number of carbonyl (C=O) groups excluding carboxylic acids is 2. The van der Waals surface area contributed by atoms with Crippen molar-refractivity contribution in [3.8, 4) is 0 Å². The summed E-state index contributed by atoms with van der Waals surface area (Å²) in [4.78, 5) is 27.9. The van der Waals surface area contributed by atoms with Gasteiger partial charge in [-0.3, -0.25) is 9.59 Å². The standard InChI is InChI=1S/C17H16N2O2/c1-18-15(20)12-19(16(18)13-8-4-2-5-9-13)17(21)14-10-6-3-7-11-14/h2-11,16H,12H2,1H3. The topological polar surface area (TPSA) is 40.6 Å². The third-order valence-electron chi connectivity index (χ3n) is 3.74. The molecule has 1 fully saturated rings. The maximum Gasteiger partial charge on any atom is 0.256 e. The molecule has 0 radical (unpaired) electrons. The average molecular weight is 280 g/mol. The summed E-state index contributed by atoms with van der Waals surface area (Å²) < 4.78 is 0. The summed E-state index contributed by atoms with van der Waals surface area (Å²) in [6, 6.07) is 18.7. The van der Waals surface area contributed by atoms with Gasteiger partial charge in [0, 0.05) is 12.6 Å². The Morgan fingerprint density at radius 1 is 1.00 bits per heavy atom. The van der Waals surface area contributed by atoms with Crippen molar-refractivity contribution in [1.82, 2.24) is 9.80 Å². The Hall–Kier alpha value is -2.62. The lowest BCUT2D eigenvalue weighted by Crippen LogP contribution is -2.34. The molecule has 3 rings (SSSR count). The average Bonchev–Trinajstić information content (AvgIpc) is 2.84. The molecular formula is C17H16N2O2. The van der Waals surface area contributed by atoms with Crippen LogP contribution in [0.25, 0.3) is 0 Å². The number of nitrogens with zero attached hydrogens (tertiary/aromatic N) is 2. The molecule has 21 heavy (non-hydrogen) atoms. The van der Waals surface area contributed by atoms with Crippen LogP contribution in [0.3, 0.4) is 0 Å². The predicted molar refractivity (Wildman–Crippen MR) is 79.4 cm³/mol. The number of likely N-dealkylation sites (N-methyl/N-ethyl adjacent to an activating group) is 1. The van der Waals surface area contributed by atoms with Crippen LogP contribution in [0.1, 0.15) is 22.1 Å². The molecule has 2 aromatic carbocycles. The van der Waals surface area contributed by atoms with Crippen molar-refractivity contribution in [2.75, 3.05) is 13.6 Å². The van der Waals surface area contributed by atoms with Crippen LogP contribution in [0.5, 0.6) is 0 Å². The number of hydrogen-bond donors (Lipinski definition) is 0. The summed E-state index contributed by atoms with van der Waals surface area (Å²) in [6.45, 7) is 0.115. The van der Waals surface area contributed by atoms with Crippen molar-refractivity contribution in [2.45, 2.75) is 6.17 Å². The molecule has 1 saturated heterocycles. The van der Waals surface area contributed by atoms with Crippen molar-refractivity contribution in [3.63, 3.8) is 0 Å². The van der Waals surface area contributed by atoms with E-state index in [1.165, 1.54) is 0 Å². The van der Waals surface area contributed by atoms with Crippen LogP contribution in [-0.4, -0.2) is 35.2 Å². The molecule has 1 aliphatic heterocycles. The first-order valence-electron chi connectivity index (χ1n) is 6.85. The zero-order valence-corrected chi connectivity index (χ0v) is 11.8. The van der Waals surface area contributed by atoms with Crippen molar-refractivity contribution in [3.05, 3.63) is 71.8 Å². The van der Waals surface area contributed by atoms with Gasteiger partial charge in [-0.25, -0.2) is 0 Å². The summed E-state index contributed by atoms with van der Waals surface area (Å²) in [7, 11) is 1.73. The summed E-state index contributed by atoms with van der Waals surface area (Å²) in [5.74, 6) is -0.171. The van der Waals surface area contributed by atoms with E-state index in [2.05, 4.69) is 0 Å². The van der Waals surface area contributed by atoms with Gasteiger partial charge in [0.25, 0.3) is 5.91 Å². The first-order valence-corrected chi connectivity index (χ1v) is 6.85. The van der Waals surface area contributed by atoms with E-state index in [1.54, 1.807) is 29.0 Å². The van der Waals surface area contributed by atoms with Crippen molar-refractivity contribution >= 4 is 11.8 Å². The molecular weight excluding hydrogens is 264 g/mol. The van der Waals surface area contributed by atoms with E-state index in [9.17, 15) is 9.59 Å². The molecule has 1 unspecified atom stereocenters. The predicted octanol–water partition coefficient (Wildman–Crippen LogP) is 2.30. The van der Waals surface area contributed by atoms with Gasteiger partial charge in [-0.2, -0.15) is 0 Å². The molecule has 0 aliphatic carbocycles. The van der Waals surface area contributed by atoms with Gasteiger partial charge < -0.3 is 9.80 Å². The van der Waals surface area contributed by atoms with Gasteiger partial charge in [-0.1, -0.05) is 48.5 Å². The Bertz CT molecular complexity index is 655. The Balaban J connectivity index is 1.97. The molecule has 0 saturated carbocycles. The fourth-order valence-corrected chi connectivity index (χ4v) is 2.65. The van der Waals surface area contributed by atoms with Crippen LogP contribution in [-0.2, 0) is 4.79 Å². The summed E-state index contributed by atoms with van der Waals surface area (Å²) >= 11 is 0. The van der Waals surface area contributed by atoms with E-state index in [1.807, 2.05) is 48.5 Å². The lowest BCUT2D eigenvalue weighted by atomic mass is 10.1. The molecule has 4 heteroatoms. The highest BCUT2D eigenvalue weighted by Gasteiger charge is 2.39. The lowest BCUT2D eigenvalue weighted by Gasteiger charge is -2.28. The maximum absolute atomic E-state index is 12.7. The van der Waals surface area contributed by atoms with Gasteiger partial charge in [0.1, 0.15) is 12.7 Å². The van der Waals surface area contributed by atoms with Crippen LogP contribution in [0.2, 0.25) is 0 Å². The second kappa shape index (κ2) is 5.40. The molecule has 1 aliphatic rings. The van der Waals surface area contributed by atoms with Crippen molar-refractivity contribution in [1.29, 1.82) is 0 Å². The van der Waals surface area contributed by atoms with E-state index >= 15 is 0 Å². The maximum atomic E-state index is 12.7. The van der Waals surface area contributed by atoms with Crippen molar-refractivity contribution in [2.24, 2.45) is 0 Å². The Labute approximate surface area is 123 Å². The van der Waals surface area contributed by atoms with E-state index < -0.39 is 0 Å². The number of rotatable bonds is 2. The zero-order chi connectivity index (χ0) is 14.8. The van der Waals surface area contributed by atoms with E-state index in [4.69, 9.17) is 0 Å².